The molecule has 0 aliphatic carbocycles. The summed E-state index contributed by atoms with van der Waals surface area (Å²) in [4.78, 5) is 4.04. The molecule has 0 amide bonds. The van der Waals surface area contributed by atoms with Crippen molar-refractivity contribution in [1.82, 2.24) is 10.6 Å². The minimum Gasteiger partial charge on any atom is -0.356 e. The van der Waals surface area contributed by atoms with Crippen molar-refractivity contribution in [3.8, 4) is 0 Å². The van der Waals surface area contributed by atoms with Gasteiger partial charge in [-0.1, -0.05) is 31.2 Å². The summed E-state index contributed by atoms with van der Waals surface area (Å²) in [5.74, 6) is 0.670. The molecule has 23 heavy (non-hydrogen) atoms. The summed E-state index contributed by atoms with van der Waals surface area (Å²) < 4.78 is 38.1. The molecule has 1 rings (SSSR count). The number of benzene rings is 1. The van der Waals surface area contributed by atoms with Gasteiger partial charge in [-0.15, -0.1) is 30.6 Å². The van der Waals surface area contributed by atoms with Crippen LogP contribution in [0.3, 0.4) is 0 Å². The fourth-order valence-corrected chi connectivity index (χ4v) is 1.98. The molecule has 0 aliphatic rings. The third-order valence-electron chi connectivity index (χ3n) is 3.29. The third kappa shape index (κ3) is 7.71. The molecule has 2 N–H and O–H groups in total. The Labute approximate surface area is 152 Å². The maximum Gasteiger partial charge on any atom is 0.416 e. The molecule has 7 heteroatoms. The molecular weight excluding hydrogens is 418 g/mol. The number of aliphatic imine (C=N–C) groups is 1. The summed E-state index contributed by atoms with van der Waals surface area (Å²) in [6, 6.07) is 5.49. The van der Waals surface area contributed by atoms with Crippen LogP contribution in [0.4, 0.5) is 13.2 Å². The van der Waals surface area contributed by atoms with Gasteiger partial charge in [0.2, 0.25) is 0 Å². The highest BCUT2D eigenvalue weighted by Crippen LogP contribution is 2.31. The Morgan fingerprint density at radius 2 is 2.04 bits per heavy atom. The number of rotatable bonds is 6. The first-order valence-electron chi connectivity index (χ1n) is 7.11. The monoisotopic (exact) mass is 441 g/mol. The van der Waals surface area contributed by atoms with E-state index < -0.39 is 11.7 Å². The number of nitrogens with one attached hydrogen (secondary N) is 2. The lowest BCUT2D eigenvalue weighted by Crippen LogP contribution is -2.38. The molecule has 0 heterocycles. The van der Waals surface area contributed by atoms with Crippen molar-refractivity contribution in [2.24, 2.45) is 4.99 Å². The molecule has 0 saturated carbocycles. The molecule has 0 bridgehead atoms. The molecule has 1 aromatic rings. The maximum absolute atomic E-state index is 12.7. The summed E-state index contributed by atoms with van der Waals surface area (Å²) in [5.41, 5.74) is 0.0823. The van der Waals surface area contributed by atoms with Crippen LogP contribution in [-0.4, -0.2) is 26.1 Å². The number of guanidine groups is 1. The first-order valence-corrected chi connectivity index (χ1v) is 7.11. The molecular formula is C16H23F3IN3. The Balaban J connectivity index is 0.00000484. The summed E-state index contributed by atoms with van der Waals surface area (Å²) in [6.45, 7) is 6.74. The molecule has 1 atom stereocenters. The van der Waals surface area contributed by atoms with E-state index in [-0.39, 0.29) is 29.9 Å². The molecule has 0 spiro atoms. The largest absolute Gasteiger partial charge is 0.416 e. The van der Waals surface area contributed by atoms with Crippen molar-refractivity contribution in [2.45, 2.75) is 25.4 Å². The highest BCUT2D eigenvalue weighted by molar-refractivity contribution is 14.0. The Morgan fingerprint density at radius 3 is 2.61 bits per heavy atom. The number of alkyl halides is 3. The van der Waals surface area contributed by atoms with E-state index in [1.807, 2.05) is 6.92 Å². The van der Waals surface area contributed by atoms with E-state index in [4.69, 9.17) is 0 Å². The summed E-state index contributed by atoms with van der Waals surface area (Å²) in [5, 5.41) is 6.15. The van der Waals surface area contributed by atoms with Crippen molar-refractivity contribution in [3.63, 3.8) is 0 Å². The van der Waals surface area contributed by atoms with Gasteiger partial charge in [0.15, 0.2) is 5.96 Å². The maximum atomic E-state index is 12.7. The van der Waals surface area contributed by atoms with Gasteiger partial charge in [0.25, 0.3) is 0 Å². The highest BCUT2D eigenvalue weighted by Gasteiger charge is 2.30. The predicted molar refractivity (Wildman–Crippen MR) is 99.5 cm³/mol. The SMILES string of the molecule is C=CCNC(=NC)NCCC(C)c1cccc(C(F)(F)F)c1.I. The van der Waals surface area contributed by atoms with Gasteiger partial charge in [0, 0.05) is 20.1 Å². The Bertz CT molecular complexity index is 516. The first kappa shape index (κ1) is 21.8. The minimum absolute atomic E-state index is 0. The van der Waals surface area contributed by atoms with Crippen molar-refractivity contribution in [1.29, 1.82) is 0 Å². The van der Waals surface area contributed by atoms with Gasteiger partial charge < -0.3 is 10.6 Å². The summed E-state index contributed by atoms with van der Waals surface area (Å²) in [6.07, 6.45) is -1.88. The van der Waals surface area contributed by atoms with Crippen LogP contribution in [-0.2, 0) is 6.18 Å². The Hall–Kier alpha value is -1.25. The number of nitrogens with zero attached hydrogens (tertiary/aromatic N) is 1. The fourth-order valence-electron chi connectivity index (χ4n) is 1.98. The molecule has 0 radical (unpaired) electrons. The average Bonchev–Trinajstić information content (AvgIpc) is 2.49. The predicted octanol–water partition coefficient (Wildman–Crippen LogP) is 4.17. The van der Waals surface area contributed by atoms with E-state index in [2.05, 4.69) is 22.2 Å². The molecule has 1 aromatic carbocycles. The van der Waals surface area contributed by atoms with Gasteiger partial charge in [-0.25, -0.2) is 0 Å². The first-order chi connectivity index (χ1) is 10.4. The number of hydrogen-bond acceptors (Lipinski definition) is 1. The fraction of sp³-hybridized carbons (Fsp3) is 0.438. The van der Waals surface area contributed by atoms with Crippen LogP contribution in [0.5, 0.6) is 0 Å². The van der Waals surface area contributed by atoms with E-state index in [1.165, 1.54) is 12.1 Å². The van der Waals surface area contributed by atoms with Gasteiger partial charge in [0.05, 0.1) is 5.56 Å². The van der Waals surface area contributed by atoms with Crippen LogP contribution in [0.15, 0.2) is 41.9 Å². The summed E-state index contributed by atoms with van der Waals surface area (Å²) >= 11 is 0. The van der Waals surface area contributed by atoms with Crippen molar-refractivity contribution in [3.05, 3.63) is 48.0 Å². The van der Waals surface area contributed by atoms with Gasteiger partial charge in [-0.3, -0.25) is 4.99 Å². The van der Waals surface area contributed by atoms with E-state index in [1.54, 1.807) is 19.2 Å². The molecule has 130 valence electrons. The Kier molecular flexibility index (Phi) is 9.94. The lowest BCUT2D eigenvalue weighted by atomic mass is 9.96. The van der Waals surface area contributed by atoms with E-state index >= 15 is 0 Å². The number of hydrogen-bond donors (Lipinski definition) is 2. The van der Waals surface area contributed by atoms with Gasteiger partial charge >= 0.3 is 6.18 Å². The molecule has 0 aliphatic heterocycles. The number of halogens is 4. The third-order valence-corrected chi connectivity index (χ3v) is 3.29. The highest BCUT2D eigenvalue weighted by atomic mass is 127. The topological polar surface area (TPSA) is 36.4 Å². The Morgan fingerprint density at radius 1 is 1.35 bits per heavy atom. The standard InChI is InChI=1S/C16H22F3N3.HI/c1-4-9-21-15(20-3)22-10-8-12(2)13-6-5-7-14(11-13)16(17,18)19;/h4-7,11-12H,1,8-10H2,2-3H3,(H2,20,21,22);1H. The molecule has 1 unspecified atom stereocenters. The zero-order chi connectivity index (χ0) is 16.6. The second-order valence-corrected chi connectivity index (χ2v) is 4.98. The molecule has 3 nitrogen and oxygen atoms in total. The normalized spacial score (nSPS) is 13.0. The van der Waals surface area contributed by atoms with Crippen molar-refractivity contribution >= 4 is 29.9 Å². The lowest BCUT2D eigenvalue weighted by Gasteiger charge is -2.16. The zero-order valence-electron chi connectivity index (χ0n) is 13.3. The molecule has 0 fully saturated rings. The van der Waals surface area contributed by atoms with E-state index in [9.17, 15) is 13.2 Å². The minimum atomic E-state index is -4.30. The van der Waals surface area contributed by atoms with Gasteiger partial charge in [-0.2, -0.15) is 13.2 Å². The second-order valence-electron chi connectivity index (χ2n) is 4.98. The quantitative estimate of drug-likeness (QED) is 0.301. The average molecular weight is 441 g/mol. The molecule has 0 aromatic heterocycles. The second kappa shape index (κ2) is 10.5. The van der Waals surface area contributed by atoms with Crippen LogP contribution in [0.2, 0.25) is 0 Å². The van der Waals surface area contributed by atoms with Crippen LogP contribution < -0.4 is 10.6 Å². The van der Waals surface area contributed by atoms with Crippen LogP contribution in [0.25, 0.3) is 0 Å². The smallest absolute Gasteiger partial charge is 0.356 e. The van der Waals surface area contributed by atoms with E-state index in [0.717, 1.165) is 6.07 Å². The van der Waals surface area contributed by atoms with Gasteiger partial charge in [-0.05, 0) is 24.0 Å². The zero-order valence-corrected chi connectivity index (χ0v) is 15.6. The van der Waals surface area contributed by atoms with E-state index in [0.29, 0.717) is 31.0 Å². The van der Waals surface area contributed by atoms with Crippen molar-refractivity contribution < 1.29 is 13.2 Å². The molecule has 0 saturated heterocycles. The lowest BCUT2D eigenvalue weighted by molar-refractivity contribution is -0.137. The van der Waals surface area contributed by atoms with Crippen LogP contribution in [0, 0.1) is 0 Å². The van der Waals surface area contributed by atoms with Crippen LogP contribution in [0.1, 0.15) is 30.4 Å². The van der Waals surface area contributed by atoms with Crippen LogP contribution >= 0.6 is 24.0 Å². The van der Waals surface area contributed by atoms with Gasteiger partial charge in [0.1, 0.15) is 0 Å². The summed E-state index contributed by atoms with van der Waals surface area (Å²) in [7, 11) is 1.66. The van der Waals surface area contributed by atoms with Crippen molar-refractivity contribution in [2.75, 3.05) is 20.1 Å².